The van der Waals surface area contributed by atoms with Crippen LogP contribution in [0.15, 0.2) is 66.0 Å². The first-order valence-electron chi connectivity index (χ1n) is 9.56. The highest BCUT2D eigenvalue weighted by molar-refractivity contribution is 7.10. The van der Waals surface area contributed by atoms with Crippen LogP contribution in [0.25, 0.3) is 0 Å². The number of amides is 4. The Morgan fingerprint density at radius 2 is 1.72 bits per heavy atom. The smallest absolute Gasteiger partial charge is 0.312 e. The minimum Gasteiger partial charge on any atom is -0.489 e. The van der Waals surface area contributed by atoms with E-state index in [1.165, 1.54) is 11.3 Å². The number of ether oxygens (including phenoxy) is 1. The summed E-state index contributed by atoms with van der Waals surface area (Å²) < 4.78 is 5.67. The lowest BCUT2D eigenvalue weighted by atomic mass is 10.1. The van der Waals surface area contributed by atoms with Crippen molar-refractivity contribution in [2.45, 2.75) is 19.1 Å². The summed E-state index contributed by atoms with van der Waals surface area (Å²) in [4.78, 5) is 36.5. The summed E-state index contributed by atoms with van der Waals surface area (Å²) in [5.74, 6) is -0.261. The fourth-order valence-electron chi connectivity index (χ4n) is 2.77. The number of benzene rings is 2. The molecule has 3 rings (SSSR count). The predicted octanol–water partition coefficient (Wildman–Crippen LogP) is 3.54. The summed E-state index contributed by atoms with van der Waals surface area (Å²) in [6.45, 7) is 0.331. The lowest BCUT2D eigenvalue weighted by Gasteiger charge is -2.16. The maximum Gasteiger partial charge on any atom is 0.312 e. The normalized spacial score (nSPS) is 11.3. The van der Waals surface area contributed by atoms with Gasteiger partial charge < -0.3 is 15.8 Å². The minimum atomic E-state index is -0.736. The van der Waals surface area contributed by atoms with Crippen LogP contribution in [0.1, 0.15) is 33.3 Å². The molecule has 0 saturated heterocycles. The van der Waals surface area contributed by atoms with Crippen molar-refractivity contribution in [2.24, 2.45) is 5.73 Å². The summed E-state index contributed by atoms with van der Waals surface area (Å²) in [5.41, 5.74) is 11.1. The predicted molar refractivity (Wildman–Crippen MR) is 122 cm³/mol. The third kappa shape index (κ3) is 7.00. The van der Waals surface area contributed by atoms with Crippen molar-refractivity contribution in [1.82, 2.24) is 16.2 Å². The maximum atomic E-state index is 12.3. The number of hydrogen-bond acceptors (Lipinski definition) is 5. The molecule has 4 amide bonds. The molecule has 1 unspecified atom stereocenters. The molecule has 1 atom stereocenters. The number of primary amides is 1. The van der Waals surface area contributed by atoms with E-state index in [0.29, 0.717) is 22.9 Å². The number of hydrazine groups is 1. The molecule has 3 aromatic rings. The first kappa shape index (κ1) is 23.1. The molecule has 5 N–H and O–H groups in total. The van der Waals surface area contributed by atoms with Crippen LogP contribution in [0, 0.1) is 0 Å². The summed E-state index contributed by atoms with van der Waals surface area (Å²) in [7, 11) is 0. The largest absolute Gasteiger partial charge is 0.489 e. The monoisotopic (exact) mass is 472 g/mol. The van der Waals surface area contributed by atoms with Crippen LogP contribution in [0.3, 0.4) is 0 Å². The van der Waals surface area contributed by atoms with Crippen molar-refractivity contribution >= 4 is 40.8 Å². The van der Waals surface area contributed by atoms with Crippen molar-refractivity contribution in [2.75, 3.05) is 0 Å². The summed E-state index contributed by atoms with van der Waals surface area (Å²) in [5, 5.41) is 4.98. The molecule has 0 fully saturated rings. The van der Waals surface area contributed by atoms with Gasteiger partial charge >= 0.3 is 6.03 Å². The van der Waals surface area contributed by atoms with E-state index in [4.69, 9.17) is 22.1 Å². The molecule has 0 saturated carbocycles. The molecule has 0 aliphatic carbocycles. The van der Waals surface area contributed by atoms with Gasteiger partial charge in [0.05, 0.1) is 12.5 Å². The first-order chi connectivity index (χ1) is 15.4. The van der Waals surface area contributed by atoms with Gasteiger partial charge in [0.2, 0.25) is 5.91 Å². The van der Waals surface area contributed by atoms with E-state index >= 15 is 0 Å². The number of halogens is 1. The van der Waals surface area contributed by atoms with Gasteiger partial charge in [0.25, 0.3) is 5.91 Å². The van der Waals surface area contributed by atoms with Gasteiger partial charge in [-0.15, -0.1) is 11.3 Å². The van der Waals surface area contributed by atoms with Crippen molar-refractivity contribution in [3.8, 4) is 5.75 Å². The van der Waals surface area contributed by atoms with Crippen molar-refractivity contribution < 1.29 is 19.1 Å². The van der Waals surface area contributed by atoms with Gasteiger partial charge in [-0.05, 0) is 53.4 Å². The zero-order valence-electron chi connectivity index (χ0n) is 16.8. The fraction of sp³-hybridized carbons (Fsp3) is 0.136. The summed E-state index contributed by atoms with van der Waals surface area (Å²) >= 11 is 7.24. The van der Waals surface area contributed by atoms with Gasteiger partial charge in [-0.3, -0.25) is 20.4 Å². The van der Waals surface area contributed by atoms with E-state index in [0.717, 1.165) is 10.4 Å². The topological polar surface area (TPSA) is 123 Å². The van der Waals surface area contributed by atoms with E-state index < -0.39 is 23.9 Å². The Hall–Kier alpha value is -3.56. The second-order valence-electron chi connectivity index (χ2n) is 6.72. The molecular weight excluding hydrogens is 452 g/mol. The number of urea groups is 1. The van der Waals surface area contributed by atoms with Gasteiger partial charge in [0.1, 0.15) is 12.4 Å². The summed E-state index contributed by atoms with van der Waals surface area (Å²) in [6, 6.07) is 16.1. The molecule has 0 radical (unpaired) electrons. The molecule has 0 bridgehead atoms. The van der Waals surface area contributed by atoms with Crippen LogP contribution in [0.2, 0.25) is 5.02 Å². The standard InChI is InChI=1S/C22H21ClN4O4S/c23-16-7-9-17(10-8-16)31-13-14-3-5-15(6-4-14)21(29)27-26-20(28)12-18(25-22(24)30)19-2-1-11-32-19/h1-11,18H,12-13H2,(H,26,28)(H,27,29)(H3,24,25,30). The molecule has 8 nitrogen and oxygen atoms in total. The molecule has 2 aromatic carbocycles. The zero-order chi connectivity index (χ0) is 22.9. The molecule has 32 heavy (non-hydrogen) atoms. The zero-order valence-corrected chi connectivity index (χ0v) is 18.4. The van der Waals surface area contributed by atoms with E-state index in [1.807, 2.05) is 5.38 Å². The minimum absolute atomic E-state index is 0.0787. The van der Waals surface area contributed by atoms with Gasteiger partial charge in [-0.1, -0.05) is 29.8 Å². The van der Waals surface area contributed by atoms with Crippen molar-refractivity contribution in [1.29, 1.82) is 0 Å². The van der Waals surface area contributed by atoms with Gasteiger partial charge in [0.15, 0.2) is 0 Å². The lowest BCUT2D eigenvalue weighted by Crippen LogP contribution is -2.43. The Labute approximate surface area is 193 Å². The fourth-order valence-corrected chi connectivity index (χ4v) is 3.67. The molecule has 0 spiro atoms. The highest BCUT2D eigenvalue weighted by atomic mass is 35.5. The molecule has 0 aliphatic rings. The maximum absolute atomic E-state index is 12.3. The lowest BCUT2D eigenvalue weighted by molar-refractivity contribution is -0.122. The number of hydrogen-bond donors (Lipinski definition) is 4. The highest BCUT2D eigenvalue weighted by Gasteiger charge is 2.19. The molecule has 1 heterocycles. The molecule has 10 heteroatoms. The number of rotatable bonds is 8. The number of nitrogens with one attached hydrogen (secondary N) is 3. The Morgan fingerprint density at radius 3 is 2.34 bits per heavy atom. The van der Waals surface area contributed by atoms with Gasteiger partial charge in [-0.2, -0.15) is 0 Å². The molecule has 0 aliphatic heterocycles. The first-order valence-corrected chi connectivity index (χ1v) is 10.8. The van der Waals surface area contributed by atoms with Gasteiger partial charge in [-0.25, -0.2) is 4.79 Å². The van der Waals surface area contributed by atoms with Crippen LogP contribution in [-0.2, 0) is 11.4 Å². The molecule has 1 aromatic heterocycles. The Morgan fingerprint density at radius 1 is 1.00 bits per heavy atom. The Balaban J connectivity index is 1.48. The Kier molecular flexibility index (Phi) is 8.07. The number of nitrogens with two attached hydrogens (primary N) is 1. The summed E-state index contributed by atoms with van der Waals surface area (Å²) in [6.07, 6.45) is -0.0787. The van der Waals surface area contributed by atoms with E-state index in [-0.39, 0.29) is 6.42 Å². The van der Waals surface area contributed by atoms with Crippen molar-refractivity contribution in [3.05, 3.63) is 87.1 Å². The van der Waals surface area contributed by atoms with Crippen molar-refractivity contribution in [3.63, 3.8) is 0 Å². The van der Waals surface area contributed by atoms with Crippen LogP contribution < -0.4 is 26.6 Å². The second-order valence-corrected chi connectivity index (χ2v) is 8.14. The second kappa shape index (κ2) is 11.2. The van der Waals surface area contributed by atoms with E-state index in [2.05, 4.69) is 16.2 Å². The molecule has 166 valence electrons. The van der Waals surface area contributed by atoms with E-state index in [1.54, 1.807) is 60.7 Å². The third-order valence-electron chi connectivity index (χ3n) is 4.34. The quantitative estimate of drug-likeness (QED) is 0.374. The number of carbonyl (C=O) groups excluding carboxylic acids is 3. The van der Waals surface area contributed by atoms with Gasteiger partial charge in [0, 0.05) is 15.5 Å². The van der Waals surface area contributed by atoms with Crippen LogP contribution >= 0.6 is 22.9 Å². The number of carbonyl (C=O) groups is 3. The third-order valence-corrected chi connectivity index (χ3v) is 5.58. The van der Waals surface area contributed by atoms with E-state index in [9.17, 15) is 14.4 Å². The number of thiophene rings is 1. The highest BCUT2D eigenvalue weighted by Crippen LogP contribution is 2.21. The SMILES string of the molecule is NC(=O)NC(CC(=O)NNC(=O)c1ccc(COc2ccc(Cl)cc2)cc1)c1cccs1. The van der Waals surface area contributed by atoms with Crippen LogP contribution in [0.4, 0.5) is 4.79 Å². The Bertz CT molecular complexity index is 1060. The van der Waals surface area contributed by atoms with Crippen LogP contribution in [0.5, 0.6) is 5.75 Å². The molecular formula is C22H21ClN4O4S. The average Bonchev–Trinajstić information content (AvgIpc) is 3.32. The average molecular weight is 473 g/mol. The van der Waals surface area contributed by atoms with Crippen LogP contribution in [-0.4, -0.2) is 17.8 Å².